The van der Waals surface area contributed by atoms with E-state index in [0.717, 1.165) is 49.4 Å². The molecule has 1 unspecified atom stereocenters. The quantitative estimate of drug-likeness (QED) is 0.861. The van der Waals surface area contributed by atoms with Gasteiger partial charge in [0.05, 0.1) is 6.61 Å². The third kappa shape index (κ3) is 3.73. The zero-order chi connectivity index (χ0) is 17.1. The minimum absolute atomic E-state index is 0.0270. The summed E-state index contributed by atoms with van der Waals surface area (Å²) in [7, 11) is 0. The Morgan fingerprint density at radius 3 is 2.88 bits per heavy atom. The Labute approximate surface area is 143 Å². The summed E-state index contributed by atoms with van der Waals surface area (Å²) in [6.45, 7) is 6.07. The SMILES string of the molecule is CCOc1cc2c(cc1/C=C/C(=O)N1CCC(N)CC1)OC(C)C2. The van der Waals surface area contributed by atoms with Gasteiger partial charge in [0.2, 0.25) is 5.91 Å². The van der Waals surface area contributed by atoms with Crippen LogP contribution in [0.1, 0.15) is 37.8 Å². The molecule has 1 fully saturated rings. The van der Waals surface area contributed by atoms with E-state index < -0.39 is 0 Å². The maximum absolute atomic E-state index is 12.4. The lowest BCUT2D eigenvalue weighted by molar-refractivity contribution is -0.126. The van der Waals surface area contributed by atoms with E-state index in [0.29, 0.717) is 6.61 Å². The smallest absolute Gasteiger partial charge is 0.246 e. The van der Waals surface area contributed by atoms with E-state index in [4.69, 9.17) is 15.2 Å². The Morgan fingerprint density at radius 2 is 2.17 bits per heavy atom. The zero-order valence-corrected chi connectivity index (χ0v) is 14.5. The van der Waals surface area contributed by atoms with Crippen LogP contribution in [0.25, 0.3) is 6.08 Å². The summed E-state index contributed by atoms with van der Waals surface area (Å²) in [4.78, 5) is 14.2. The highest BCUT2D eigenvalue weighted by atomic mass is 16.5. The molecule has 1 atom stereocenters. The Morgan fingerprint density at radius 1 is 1.42 bits per heavy atom. The fourth-order valence-electron chi connectivity index (χ4n) is 3.25. The lowest BCUT2D eigenvalue weighted by atomic mass is 10.0. The number of nitrogens with zero attached hydrogens (tertiary/aromatic N) is 1. The zero-order valence-electron chi connectivity index (χ0n) is 14.5. The van der Waals surface area contributed by atoms with Crippen LogP contribution >= 0.6 is 0 Å². The molecule has 24 heavy (non-hydrogen) atoms. The maximum Gasteiger partial charge on any atom is 0.246 e. The molecule has 3 rings (SSSR count). The van der Waals surface area contributed by atoms with E-state index in [1.54, 1.807) is 6.08 Å². The molecule has 1 amide bonds. The number of ether oxygens (including phenoxy) is 2. The number of piperidine rings is 1. The Kier molecular flexibility index (Phi) is 5.09. The van der Waals surface area contributed by atoms with Crippen LogP contribution < -0.4 is 15.2 Å². The lowest BCUT2D eigenvalue weighted by Gasteiger charge is -2.29. The molecule has 1 saturated heterocycles. The van der Waals surface area contributed by atoms with Gasteiger partial charge in [-0.15, -0.1) is 0 Å². The van der Waals surface area contributed by atoms with Gasteiger partial charge in [0, 0.05) is 42.8 Å². The fraction of sp³-hybridized carbons (Fsp3) is 0.526. The van der Waals surface area contributed by atoms with Crippen LogP contribution in [0.15, 0.2) is 18.2 Å². The first-order chi connectivity index (χ1) is 11.6. The van der Waals surface area contributed by atoms with Crippen molar-refractivity contribution < 1.29 is 14.3 Å². The normalized spacial score (nSPS) is 21.0. The molecule has 2 aliphatic rings. The van der Waals surface area contributed by atoms with Crippen molar-refractivity contribution in [1.82, 2.24) is 4.90 Å². The van der Waals surface area contributed by atoms with Gasteiger partial charge in [0.25, 0.3) is 0 Å². The monoisotopic (exact) mass is 330 g/mol. The standard InChI is InChI=1S/C19H26N2O3/c1-3-23-17-12-15-10-13(2)24-18(15)11-14(17)4-5-19(22)21-8-6-16(20)7-9-21/h4-5,11-13,16H,3,6-10,20H2,1-2H3/b5-4+. The van der Waals surface area contributed by atoms with Gasteiger partial charge in [-0.25, -0.2) is 0 Å². The third-order valence-electron chi connectivity index (χ3n) is 4.59. The van der Waals surface area contributed by atoms with Crippen LogP contribution in [0.4, 0.5) is 0 Å². The van der Waals surface area contributed by atoms with Gasteiger partial charge in [-0.05, 0) is 44.9 Å². The maximum atomic E-state index is 12.4. The van der Waals surface area contributed by atoms with Crippen molar-refractivity contribution in [3.05, 3.63) is 29.3 Å². The average Bonchev–Trinajstić information content (AvgIpc) is 2.92. The topological polar surface area (TPSA) is 64.8 Å². The van der Waals surface area contributed by atoms with E-state index in [1.165, 1.54) is 5.56 Å². The Hall–Kier alpha value is -2.01. The number of amides is 1. The van der Waals surface area contributed by atoms with Crippen molar-refractivity contribution >= 4 is 12.0 Å². The fourth-order valence-corrected chi connectivity index (χ4v) is 3.25. The number of carbonyl (C=O) groups is 1. The summed E-state index contributed by atoms with van der Waals surface area (Å²) in [6.07, 6.45) is 6.27. The van der Waals surface area contributed by atoms with Crippen molar-refractivity contribution in [2.45, 2.75) is 45.3 Å². The molecule has 5 nitrogen and oxygen atoms in total. The van der Waals surface area contributed by atoms with Gasteiger partial charge in [0.1, 0.15) is 17.6 Å². The van der Waals surface area contributed by atoms with Crippen molar-refractivity contribution in [1.29, 1.82) is 0 Å². The molecule has 1 aromatic rings. The summed E-state index contributed by atoms with van der Waals surface area (Å²) >= 11 is 0. The van der Waals surface area contributed by atoms with Gasteiger partial charge in [-0.1, -0.05) is 0 Å². The predicted octanol–water partition coefficient (Wildman–Crippen LogP) is 2.37. The molecule has 0 radical (unpaired) electrons. The minimum Gasteiger partial charge on any atom is -0.493 e. The number of nitrogens with two attached hydrogens (primary N) is 1. The molecule has 0 spiro atoms. The van der Waals surface area contributed by atoms with Crippen LogP contribution in [0, 0.1) is 0 Å². The first-order valence-electron chi connectivity index (χ1n) is 8.75. The molecule has 2 N–H and O–H groups in total. The van der Waals surface area contributed by atoms with Gasteiger partial charge < -0.3 is 20.1 Å². The van der Waals surface area contributed by atoms with Gasteiger partial charge in [0.15, 0.2) is 0 Å². The average molecular weight is 330 g/mol. The van der Waals surface area contributed by atoms with E-state index in [1.807, 2.05) is 30.0 Å². The van der Waals surface area contributed by atoms with E-state index >= 15 is 0 Å². The van der Waals surface area contributed by atoms with Crippen LogP contribution in [-0.2, 0) is 11.2 Å². The van der Waals surface area contributed by atoms with Crippen LogP contribution in [0.2, 0.25) is 0 Å². The first kappa shape index (κ1) is 16.8. The molecule has 5 heteroatoms. The molecule has 2 heterocycles. The Balaban J connectivity index is 1.76. The predicted molar refractivity (Wildman–Crippen MR) is 94.2 cm³/mol. The molecule has 0 saturated carbocycles. The highest BCUT2D eigenvalue weighted by Gasteiger charge is 2.22. The number of benzene rings is 1. The van der Waals surface area contributed by atoms with Crippen molar-refractivity contribution in [3.8, 4) is 11.5 Å². The molecule has 0 aromatic heterocycles. The number of carbonyl (C=O) groups excluding carboxylic acids is 1. The van der Waals surface area contributed by atoms with Crippen molar-refractivity contribution in [2.75, 3.05) is 19.7 Å². The number of hydrogen-bond donors (Lipinski definition) is 1. The van der Waals surface area contributed by atoms with Gasteiger partial charge in [-0.2, -0.15) is 0 Å². The first-order valence-corrected chi connectivity index (χ1v) is 8.75. The van der Waals surface area contributed by atoms with Crippen molar-refractivity contribution in [3.63, 3.8) is 0 Å². The third-order valence-corrected chi connectivity index (χ3v) is 4.59. The largest absolute Gasteiger partial charge is 0.493 e. The molecule has 0 bridgehead atoms. The summed E-state index contributed by atoms with van der Waals surface area (Å²) in [5, 5.41) is 0. The van der Waals surface area contributed by atoms with E-state index in [2.05, 4.69) is 6.92 Å². The summed E-state index contributed by atoms with van der Waals surface area (Å²) < 4.78 is 11.6. The van der Waals surface area contributed by atoms with Gasteiger partial charge >= 0.3 is 0 Å². The molecule has 1 aromatic carbocycles. The second kappa shape index (κ2) is 7.26. The van der Waals surface area contributed by atoms with Crippen LogP contribution in [0.5, 0.6) is 11.5 Å². The van der Waals surface area contributed by atoms with Gasteiger partial charge in [-0.3, -0.25) is 4.79 Å². The van der Waals surface area contributed by atoms with Crippen LogP contribution in [0.3, 0.4) is 0 Å². The van der Waals surface area contributed by atoms with E-state index in [9.17, 15) is 4.79 Å². The van der Waals surface area contributed by atoms with Crippen LogP contribution in [-0.4, -0.2) is 42.6 Å². The number of rotatable bonds is 4. The summed E-state index contributed by atoms with van der Waals surface area (Å²) in [6, 6.07) is 4.23. The number of fused-ring (bicyclic) bond motifs is 1. The number of likely N-dealkylation sites (tertiary alicyclic amines) is 1. The molecular formula is C19H26N2O3. The molecule has 0 aliphatic carbocycles. The molecular weight excluding hydrogens is 304 g/mol. The second-order valence-corrected chi connectivity index (χ2v) is 6.56. The minimum atomic E-state index is 0.0270. The lowest BCUT2D eigenvalue weighted by Crippen LogP contribution is -2.42. The highest BCUT2D eigenvalue weighted by Crippen LogP contribution is 2.35. The molecule has 2 aliphatic heterocycles. The van der Waals surface area contributed by atoms with E-state index in [-0.39, 0.29) is 18.1 Å². The second-order valence-electron chi connectivity index (χ2n) is 6.56. The molecule has 130 valence electrons. The van der Waals surface area contributed by atoms with Crippen molar-refractivity contribution in [2.24, 2.45) is 5.73 Å². The highest BCUT2D eigenvalue weighted by molar-refractivity contribution is 5.92. The summed E-state index contributed by atoms with van der Waals surface area (Å²) in [5.74, 6) is 1.72. The summed E-state index contributed by atoms with van der Waals surface area (Å²) in [5.41, 5.74) is 7.94. The Bertz CT molecular complexity index is 634. The number of hydrogen-bond acceptors (Lipinski definition) is 4.